The third-order valence-electron chi connectivity index (χ3n) is 3.98. The molecule has 1 saturated heterocycles. The number of hydrogen-bond donors (Lipinski definition) is 1. The summed E-state index contributed by atoms with van der Waals surface area (Å²) >= 11 is 3.28. The van der Waals surface area contributed by atoms with Crippen LogP contribution in [0.15, 0.2) is 27.6 Å². The minimum absolute atomic E-state index is 0.0529. The van der Waals surface area contributed by atoms with Gasteiger partial charge in [-0.3, -0.25) is 0 Å². The lowest BCUT2D eigenvalue weighted by atomic mass is 10.0. The smallest absolute Gasteiger partial charge is 0.244 e. The zero-order valence-corrected chi connectivity index (χ0v) is 15.7. The van der Waals surface area contributed by atoms with Crippen molar-refractivity contribution in [1.82, 2.24) is 9.62 Å². The van der Waals surface area contributed by atoms with E-state index in [1.165, 1.54) is 13.2 Å². The normalized spacial score (nSPS) is 21.5. The molecule has 1 N–H and O–H groups in total. The molecule has 0 amide bonds. The molecule has 0 radical (unpaired) electrons. The van der Waals surface area contributed by atoms with Crippen molar-refractivity contribution in [3.05, 3.63) is 22.7 Å². The number of methoxy groups -OCH3 is 1. The zero-order chi connectivity index (χ0) is 17.2. The average molecular weight is 402 g/mol. The molecule has 6 nitrogen and oxygen atoms in total. The molecule has 2 atom stereocenters. The summed E-state index contributed by atoms with van der Waals surface area (Å²) in [6, 6.07) is 4.59. The number of ether oxygens (including phenoxy) is 1. The van der Waals surface area contributed by atoms with Crippen molar-refractivity contribution < 1.29 is 13.2 Å². The second-order valence-corrected chi connectivity index (χ2v) is 8.51. The van der Waals surface area contributed by atoms with Gasteiger partial charge in [-0.05, 0) is 30.5 Å². The summed E-state index contributed by atoms with van der Waals surface area (Å²) < 4.78 is 33.9. The van der Waals surface area contributed by atoms with Crippen molar-refractivity contribution in [3.63, 3.8) is 0 Å². The molecule has 1 aliphatic heterocycles. The molecular weight excluding hydrogens is 382 g/mol. The van der Waals surface area contributed by atoms with Gasteiger partial charge in [-0.2, -0.15) is 5.26 Å². The van der Waals surface area contributed by atoms with Crippen LogP contribution in [0.25, 0.3) is 0 Å². The fourth-order valence-corrected chi connectivity index (χ4v) is 4.79. The number of nitriles is 1. The molecule has 1 aromatic rings. The molecule has 1 heterocycles. The van der Waals surface area contributed by atoms with Crippen LogP contribution in [0.2, 0.25) is 0 Å². The van der Waals surface area contributed by atoms with E-state index in [2.05, 4.69) is 26.8 Å². The predicted octanol–water partition coefficient (Wildman–Crippen LogP) is 2.32. The molecule has 8 heteroatoms. The average Bonchev–Trinajstić information content (AvgIpc) is 2.89. The van der Waals surface area contributed by atoms with Crippen LogP contribution in [-0.4, -0.2) is 39.1 Å². The van der Waals surface area contributed by atoms with E-state index in [9.17, 15) is 13.7 Å². The van der Waals surface area contributed by atoms with Gasteiger partial charge >= 0.3 is 0 Å². The number of benzene rings is 1. The van der Waals surface area contributed by atoms with Gasteiger partial charge in [0.25, 0.3) is 0 Å². The first-order chi connectivity index (χ1) is 10.8. The monoisotopic (exact) mass is 401 g/mol. The van der Waals surface area contributed by atoms with Gasteiger partial charge in [-0.25, -0.2) is 13.1 Å². The summed E-state index contributed by atoms with van der Waals surface area (Å²) in [5.74, 6) is 0.570. The van der Waals surface area contributed by atoms with E-state index >= 15 is 0 Å². The second kappa shape index (κ2) is 7.07. The first-order valence-electron chi connectivity index (χ1n) is 7.30. The van der Waals surface area contributed by atoms with Gasteiger partial charge in [0, 0.05) is 23.1 Å². The molecule has 1 fully saturated rings. The molecule has 0 spiro atoms. The van der Waals surface area contributed by atoms with Gasteiger partial charge in [0.15, 0.2) is 6.19 Å². The lowest BCUT2D eigenvalue weighted by Crippen LogP contribution is -2.36. The standard InChI is InChI=1S/C15H20BrN3O3S/c1-10(2)13-7-12(8-19(13)9-17)18-23(20,21)15-6-11(16)4-5-14(15)22-3/h4-6,10,12-13,18H,7-8H2,1-3H3. The predicted molar refractivity (Wildman–Crippen MR) is 90.4 cm³/mol. The number of halogens is 1. The maximum absolute atomic E-state index is 12.7. The largest absolute Gasteiger partial charge is 0.495 e. The van der Waals surface area contributed by atoms with Gasteiger partial charge in [-0.1, -0.05) is 29.8 Å². The van der Waals surface area contributed by atoms with Gasteiger partial charge in [0.2, 0.25) is 10.0 Å². The number of sulfonamides is 1. The maximum Gasteiger partial charge on any atom is 0.244 e. The van der Waals surface area contributed by atoms with Crippen LogP contribution in [0, 0.1) is 17.4 Å². The summed E-state index contributed by atoms with van der Waals surface area (Å²) in [7, 11) is -2.30. The van der Waals surface area contributed by atoms with Crippen molar-refractivity contribution in [2.24, 2.45) is 5.92 Å². The van der Waals surface area contributed by atoms with E-state index < -0.39 is 10.0 Å². The van der Waals surface area contributed by atoms with E-state index in [0.717, 1.165) is 0 Å². The first-order valence-corrected chi connectivity index (χ1v) is 9.58. The van der Waals surface area contributed by atoms with Crippen molar-refractivity contribution in [1.29, 1.82) is 5.26 Å². The van der Waals surface area contributed by atoms with Crippen LogP contribution in [0.4, 0.5) is 0 Å². The fraction of sp³-hybridized carbons (Fsp3) is 0.533. The van der Waals surface area contributed by atoms with Gasteiger partial charge in [0.1, 0.15) is 10.6 Å². The lowest BCUT2D eigenvalue weighted by Gasteiger charge is -2.21. The summed E-state index contributed by atoms with van der Waals surface area (Å²) in [6.07, 6.45) is 2.76. The minimum Gasteiger partial charge on any atom is -0.495 e. The zero-order valence-electron chi connectivity index (χ0n) is 13.3. The minimum atomic E-state index is -3.73. The second-order valence-electron chi connectivity index (χ2n) is 5.91. The Morgan fingerprint density at radius 2 is 2.17 bits per heavy atom. The Balaban J connectivity index is 2.23. The number of hydrogen-bond acceptors (Lipinski definition) is 5. The number of nitrogens with one attached hydrogen (secondary N) is 1. The Bertz CT molecular complexity index is 715. The molecule has 1 aromatic carbocycles. The summed E-state index contributed by atoms with van der Waals surface area (Å²) in [5.41, 5.74) is 0. The highest BCUT2D eigenvalue weighted by Gasteiger charge is 2.36. The van der Waals surface area contributed by atoms with E-state index in [4.69, 9.17) is 4.74 Å². The third kappa shape index (κ3) is 3.97. The van der Waals surface area contributed by atoms with Gasteiger partial charge in [0.05, 0.1) is 7.11 Å². The van der Waals surface area contributed by atoms with Crippen LogP contribution >= 0.6 is 15.9 Å². The highest BCUT2D eigenvalue weighted by Crippen LogP contribution is 2.29. The van der Waals surface area contributed by atoms with E-state index in [1.807, 2.05) is 13.8 Å². The van der Waals surface area contributed by atoms with Gasteiger partial charge in [-0.15, -0.1) is 0 Å². The number of likely N-dealkylation sites (tertiary alicyclic amines) is 1. The molecule has 1 aliphatic rings. The van der Waals surface area contributed by atoms with E-state index in [-0.39, 0.29) is 28.6 Å². The molecule has 23 heavy (non-hydrogen) atoms. The molecular formula is C15H20BrN3O3S. The molecule has 0 saturated carbocycles. The highest BCUT2D eigenvalue weighted by molar-refractivity contribution is 9.10. The number of rotatable bonds is 5. The van der Waals surface area contributed by atoms with Gasteiger partial charge < -0.3 is 9.64 Å². The SMILES string of the molecule is COc1ccc(Br)cc1S(=O)(=O)NC1CC(C(C)C)N(C#N)C1. The van der Waals surface area contributed by atoms with Crippen molar-refractivity contribution in [2.75, 3.05) is 13.7 Å². The highest BCUT2D eigenvalue weighted by atomic mass is 79.9. The van der Waals surface area contributed by atoms with E-state index in [1.54, 1.807) is 17.0 Å². The summed E-state index contributed by atoms with van der Waals surface area (Å²) in [5, 5.41) is 9.21. The topological polar surface area (TPSA) is 82.4 Å². The third-order valence-corrected chi connectivity index (χ3v) is 6.01. The van der Waals surface area contributed by atoms with Crippen molar-refractivity contribution >= 4 is 26.0 Å². The van der Waals surface area contributed by atoms with Crippen LogP contribution in [0.1, 0.15) is 20.3 Å². The molecule has 0 aliphatic carbocycles. The van der Waals surface area contributed by atoms with Crippen molar-refractivity contribution in [2.45, 2.75) is 37.2 Å². The Hall–Kier alpha value is -1.30. The Labute approximate surface area is 145 Å². The van der Waals surface area contributed by atoms with Crippen LogP contribution in [-0.2, 0) is 10.0 Å². The molecule has 0 bridgehead atoms. The Kier molecular flexibility index (Phi) is 5.55. The number of nitrogens with zero attached hydrogens (tertiary/aromatic N) is 2. The first kappa shape index (κ1) is 18.0. The van der Waals surface area contributed by atoms with Crippen LogP contribution in [0.5, 0.6) is 5.75 Å². The van der Waals surface area contributed by atoms with Crippen LogP contribution < -0.4 is 9.46 Å². The lowest BCUT2D eigenvalue weighted by molar-refractivity contribution is 0.291. The van der Waals surface area contributed by atoms with Crippen molar-refractivity contribution in [3.8, 4) is 11.9 Å². The molecule has 126 valence electrons. The van der Waals surface area contributed by atoms with E-state index in [0.29, 0.717) is 17.4 Å². The van der Waals surface area contributed by atoms with Crippen LogP contribution in [0.3, 0.4) is 0 Å². The Morgan fingerprint density at radius 3 is 2.70 bits per heavy atom. The Morgan fingerprint density at radius 1 is 1.48 bits per heavy atom. The summed E-state index contributed by atoms with van der Waals surface area (Å²) in [6.45, 7) is 4.45. The maximum atomic E-state index is 12.7. The molecule has 2 unspecified atom stereocenters. The summed E-state index contributed by atoms with van der Waals surface area (Å²) in [4.78, 5) is 1.74. The molecule has 2 rings (SSSR count). The molecule has 0 aromatic heterocycles. The fourth-order valence-electron chi connectivity index (χ4n) is 2.84. The quantitative estimate of drug-likeness (QED) is 0.765.